The first-order valence-corrected chi connectivity index (χ1v) is 5.60. The molecule has 0 N–H and O–H groups in total. The molecule has 0 radical (unpaired) electrons. The quantitative estimate of drug-likeness (QED) is 0.636. The Morgan fingerprint density at radius 1 is 1.56 bits per heavy atom. The van der Waals surface area contributed by atoms with Crippen LogP contribution in [0.15, 0.2) is 6.20 Å². The van der Waals surface area contributed by atoms with Crippen LogP contribution in [0.25, 0.3) is 0 Å². The molecule has 2 aliphatic heterocycles. The number of hydrogen-bond donors (Lipinski definition) is 0. The molecule has 0 aromatic carbocycles. The third-order valence-corrected chi connectivity index (χ3v) is 3.33. The molecule has 16 heavy (non-hydrogen) atoms. The topological polar surface area (TPSA) is 45.5 Å². The molecule has 0 bridgehead atoms. The Bertz CT molecular complexity index is 418. The molecule has 1 aromatic heterocycles. The first-order chi connectivity index (χ1) is 7.58. The zero-order chi connectivity index (χ0) is 11.3. The molecule has 0 amide bonds. The number of hydrogen-bond acceptors (Lipinski definition) is 4. The monoisotopic (exact) mass is 222 g/mol. The smallest absolute Gasteiger partial charge is 0.476 e. The summed E-state index contributed by atoms with van der Waals surface area (Å²) in [5.74, 6) is 0.787. The van der Waals surface area contributed by atoms with Gasteiger partial charge in [0.15, 0.2) is 0 Å². The van der Waals surface area contributed by atoms with Gasteiger partial charge in [0.25, 0.3) is 0 Å². The van der Waals surface area contributed by atoms with Crippen molar-refractivity contribution in [2.75, 3.05) is 6.61 Å². The molecule has 5 nitrogen and oxygen atoms in total. The highest BCUT2D eigenvalue weighted by Crippen LogP contribution is 2.28. The molecule has 2 aliphatic rings. The van der Waals surface area contributed by atoms with Gasteiger partial charge in [-0.3, -0.25) is 0 Å². The van der Waals surface area contributed by atoms with Crippen molar-refractivity contribution >= 4 is 12.6 Å². The van der Waals surface area contributed by atoms with Gasteiger partial charge in [-0.2, -0.15) is 5.10 Å². The van der Waals surface area contributed by atoms with Gasteiger partial charge in [0.2, 0.25) is 5.88 Å². The number of fused-ring (bicyclic) bond motifs is 1. The van der Waals surface area contributed by atoms with Crippen LogP contribution in [0.5, 0.6) is 5.88 Å². The SMILES string of the molecule is CC1OB(c2cnn3c2OCC3)OC1(C)C. The van der Waals surface area contributed by atoms with E-state index in [-0.39, 0.29) is 18.8 Å². The van der Waals surface area contributed by atoms with Gasteiger partial charge >= 0.3 is 7.12 Å². The molecule has 0 spiro atoms. The Hall–Kier alpha value is -1.01. The maximum absolute atomic E-state index is 5.88. The number of rotatable bonds is 1. The molecule has 0 aliphatic carbocycles. The van der Waals surface area contributed by atoms with E-state index < -0.39 is 0 Å². The molecule has 1 aromatic rings. The van der Waals surface area contributed by atoms with Crippen LogP contribution in [-0.2, 0) is 15.9 Å². The maximum atomic E-state index is 5.88. The van der Waals surface area contributed by atoms with Crippen molar-refractivity contribution in [1.82, 2.24) is 9.78 Å². The van der Waals surface area contributed by atoms with E-state index in [0.717, 1.165) is 17.9 Å². The minimum atomic E-state index is -0.355. The van der Waals surface area contributed by atoms with E-state index in [9.17, 15) is 0 Å². The average Bonchev–Trinajstić information content (AvgIpc) is 2.80. The third kappa shape index (κ3) is 1.37. The zero-order valence-corrected chi connectivity index (χ0v) is 9.77. The van der Waals surface area contributed by atoms with Crippen molar-refractivity contribution in [3.05, 3.63) is 6.20 Å². The molecular formula is C10H15BN2O3. The molecule has 1 saturated heterocycles. The van der Waals surface area contributed by atoms with Crippen LogP contribution in [0.4, 0.5) is 0 Å². The van der Waals surface area contributed by atoms with E-state index in [2.05, 4.69) is 5.10 Å². The largest absolute Gasteiger partial charge is 0.501 e. The summed E-state index contributed by atoms with van der Waals surface area (Å²) in [5, 5.41) is 4.25. The zero-order valence-electron chi connectivity index (χ0n) is 9.77. The van der Waals surface area contributed by atoms with Crippen LogP contribution in [-0.4, -0.2) is 35.2 Å². The molecular weight excluding hydrogens is 207 g/mol. The lowest BCUT2D eigenvalue weighted by atomic mass is 9.81. The standard InChI is InChI=1S/C10H15BN2O3/c1-7-10(2,3)16-11(15-7)8-6-12-13-4-5-14-9(8)13/h6-7H,4-5H2,1-3H3. The summed E-state index contributed by atoms with van der Waals surface area (Å²) in [7, 11) is -0.355. The highest BCUT2D eigenvalue weighted by atomic mass is 16.7. The van der Waals surface area contributed by atoms with Gasteiger partial charge in [0.1, 0.15) is 6.61 Å². The van der Waals surface area contributed by atoms with E-state index in [4.69, 9.17) is 14.0 Å². The molecule has 6 heteroatoms. The van der Waals surface area contributed by atoms with Crippen molar-refractivity contribution in [1.29, 1.82) is 0 Å². The highest BCUT2D eigenvalue weighted by Gasteiger charge is 2.46. The van der Waals surface area contributed by atoms with Gasteiger partial charge in [0.05, 0.1) is 29.9 Å². The minimum Gasteiger partial charge on any atom is -0.476 e. The second-order valence-corrected chi connectivity index (χ2v) is 4.81. The number of aromatic nitrogens is 2. The van der Waals surface area contributed by atoms with Crippen molar-refractivity contribution < 1.29 is 14.0 Å². The fourth-order valence-corrected chi connectivity index (χ4v) is 1.98. The summed E-state index contributed by atoms with van der Waals surface area (Å²) in [6.45, 7) is 7.57. The Morgan fingerprint density at radius 2 is 2.38 bits per heavy atom. The van der Waals surface area contributed by atoms with Gasteiger partial charge in [-0.1, -0.05) is 0 Å². The second kappa shape index (κ2) is 3.24. The van der Waals surface area contributed by atoms with E-state index in [1.165, 1.54) is 0 Å². The summed E-state index contributed by atoms with van der Waals surface area (Å²) in [4.78, 5) is 0. The number of nitrogens with zero attached hydrogens (tertiary/aromatic N) is 2. The molecule has 3 heterocycles. The molecule has 86 valence electrons. The summed E-state index contributed by atoms with van der Waals surface area (Å²) >= 11 is 0. The molecule has 1 atom stereocenters. The van der Waals surface area contributed by atoms with E-state index >= 15 is 0 Å². The summed E-state index contributed by atoms with van der Waals surface area (Å²) < 4.78 is 19.0. The Kier molecular flexibility index (Phi) is 2.06. The molecule has 0 saturated carbocycles. The van der Waals surface area contributed by atoms with E-state index in [0.29, 0.717) is 6.61 Å². The van der Waals surface area contributed by atoms with Crippen LogP contribution < -0.4 is 10.2 Å². The van der Waals surface area contributed by atoms with Gasteiger partial charge in [0, 0.05) is 0 Å². The van der Waals surface area contributed by atoms with Gasteiger partial charge in [-0.15, -0.1) is 0 Å². The maximum Gasteiger partial charge on any atom is 0.501 e. The van der Waals surface area contributed by atoms with Crippen LogP contribution in [0.3, 0.4) is 0 Å². The molecule has 1 unspecified atom stereocenters. The van der Waals surface area contributed by atoms with Crippen molar-refractivity contribution in [3.63, 3.8) is 0 Å². The Balaban J connectivity index is 1.89. The highest BCUT2D eigenvalue weighted by molar-refractivity contribution is 6.62. The van der Waals surface area contributed by atoms with Gasteiger partial charge < -0.3 is 14.0 Å². The Morgan fingerprint density at radius 3 is 3.06 bits per heavy atom. The minimum absolute atomic E-state index is 0.0643. The predicted octanol–water partition coefficient (Wildman–Crippen LogP) is 0.185. The van der Waals surface area contributed by atoms with Crippen LogP contribution in [0, 0.1) is 0 Å². The lowest BCUT2D eigenvalue weighted by Gasteiger charge is -2.21. The average molecular weight is 222 g/mol. The predicted molar refractivity (Wildman–Crippen MR) is 58.8 cm³/mol. The summed E-state index contributed by atoms with van der Waals surface area (Å²) in [6.07, 6.45) is 1.84. The Labute approximate surface area is 94.8 Å². The van der Waals surface area contributed by atoms with E-state index in [1.807, 2.05) is 25.5 Å². The molecule has 1 fully saturated rings. The van der Waals surface area contributed by atoms with Gasteiger partial charge in [-0.25, -0.2) is 4.68 Å². The number of ether oxygens (including phenoxy) is 1. The van der Waals surface area contributed by atoms with Crippen LogP contribution >= 0.6 is 0 Å². The lowest BCUT2D eigenvalue weighted by Crippen LogP contribution is -2.34. The first kappa shape index (κ1) is 10.2. The molecule has 3 rings (SSSR count). The third-order valence-electron chi connectivity index (χ3n) is 3.33. The van der Waals surface area contributed by atoms with Gasteiger partial charge in [-0.05, 0) is 20.8 Å². The fraction of sp³-hybridized carbons (Fsp3) is 0.700. The summed E-state index contributed by atoms with van der Waals surface area (Å²) in [6, 6.07) is 0. The second-order valence-electron chi connectivity index (χ2n) is 4.81. The van der Waals surface area contributed by atoms with Crippen molar-refractivity contribution in [2.24, 2.45) is 0 Å². The van der Waals surface area contributed by atoms with E-state index in [1.54, 1.807) is 6.20 Å². The van der Waals surface area contributed by atoms with Crippen LogP contribution in [0.1, 0.15) is 20.8 Å². The van der Waals surface area contributed by atoms with Crippen molar-refractivity contribution in [2.45, 2.75) is 39.0 Å². The fourth-order valence-electron chi connectivity index (χ4n) is 1.98. The van der Waals surface area contributed by atoms with Crippen LogP contribution in [0.2, 0.25) is 0 Å². The summed E-state index contributed by atoms with van der Waals surface area (Å²) in [5.41, 5.74) is 0.632. The van der Waals surface area contributed by atoms with Crippen molar-refractivity contribution in [3.8, 4) is 5.88 Å². The lowest BCUT2D eigenvalue weighted by molar-refractivity contribution is 0.0842. The normalized spacial score (nSPS) is 26.9. The first-order valence-electron chi connectivity index (χ1n) is 5.60.